The van der Waals surface area contributed by atoms with Gasteiger partial charge in [0.05, 0.1) is 14.9 Å². The first kappa shape index (κ1) is 12.2. The van der Waals surface area contributed by atoms with E-state index in [2.05, 4.69) is 20.9 Å². The van der Waals surface area contributed by atoms with Crippen LogP contribution in [-0.2, 0) is 0 Å². The molecule has 0 saturated heterocycles. The van der Waals surface area contributed by atoms with Crippen molar-refractivity contribution >= 4 is 32.5 Å². The monoisotopic (exact) mass is 312 g/mol. The molecule has 0 aliphatic carbocycles. The quantitative estimate of drug-likeness (QED) is 0.608. The first-order chi connectivity index (χ1) is 8.41. The summed E-state index contributed by atoms with van der Waals surface area (Å²) in [5.74, 6) is -0.840. The third kappa shape index (κ3) is 1.86. The summed E-state index contributed by atoms with van der Waals surface area (Å²) in [5, 5.41) is 20.0. The number of benzene rings is 1. The number of aromatic amines is 1. The first-order valence-electron chi connectivity index (χ1n) is 4.65. The number of aromatic hydroxyl groups is 1. The van der Waals surface area contributed by atoms with Crippen molar-refractivity contribution in [2.45, 2.75) is 0 Å². The number of halogens is 1. The van der Waals surface area contributed by atoms with Crippen molar-refractivity contribution in [1.29, 1.82) is 0 Å². The Bertz CT molecular complexity index is 783. The predicted octanol–water partition coefficient (Wildman–Crippen LogP) is 1.26. The largest absolute Gasteiger partial charge is 0.504 e. The zero-order chi connectivity index (χ0) is 13.4. The van der Waals surface area contributed by atoms with Crippen LogP contribution in [0.3, 0.4) is 0 Å². The van der Waals surface area contributed by atoms with E-state index in [1.807, 2.05) is 0 Å². The minimum atomic E-state index is -0.976. The minimum absolute atomic E-state index is 0.0137. The molecule has 0 fully saturated rings. The molecule has 1 aromatic heterocycles. The molecule has 0 bridgehead atoms. The minimum Gasteiger partial charge on any atom is -0.504 e. The second-order valence-electron chi connectivity index (χ2n) is 3.42. The van der Waals surface area contributed by atoms with Gasteiger partial charge in [-0.15, -0.1) is 0 Å². The summed E-state index contributed by atoms with van der Waals surface area (Å²) in [6.45, 7) is 0. The molecule has 0 amide bonds. The van der Waals surface area contributed by atoms with Gasteiger partial charge in [0.1, 0.15) is 5.39 Å². The summed E-state index contributed by atoms with van der Waals surface area (Å²) in [6.07, 6.45) is 0. The fraction of sp³-hybridized carbons (Fsp3) is 0. The molecule has 1 heterocycles. The summed E-state index contributed by atoms with van der Waals surface area (Å²) in [5.41, 5.74) is -2.22. The van der Waals surface area contributed by atoms with E-state index in [1.165, 1.54) is 12.1 Å². The summed E-state index contributed by atoms with van der Waals surface area (Å²) in [6, 6.07) is 3.36. The lowest BCUT2D eigenvalue weighted by atomic mass is 10.2. The maximum Gasteiger partial charge on any atom is 0.296 e. The molecule has 0 aliphatic rings. The molecule has 0 spiro atoms. The second kappa shape index (κ2) is 4.22. The highest BCUT2D eigenvalue weighted by atomic mass is 79.9. The fourth-order valence-corrected chi connectivity index (χ4v) is 2.04. The van der Waals surface area contributed by atoms with Gasteiger partial charge >= 0.3 is 0 Å². The number of nitro groups is 1. The Morgan fingerprint density at radius 2 is 2.00 bits per heavy atom. The number of aromatic nitrogens is 1. The third-order valence-electron chi connectivity index (χ3n) is 2.30. The van der Waals surface area contributed by atoms with Crippen molar-refractivity contribution in [3.63, 3.8) is 0 Å². The van der Waals surface area contributed by atoms with Crippen LogP contribution < -0.4 is 11.0 Å². The molecule has 0 radical (unpaired) electrons. The van der Waals surface area contributed by atoms with E-state index in [9.17, 15) is 24.8 Å². The second-order valence-corrected chi connectivity index (χ2v) is 4.28. The Morgan fingerprint density at radius 3 is 2.61 bits per heavy atom. The van der Waals surface area contributed by atoms with Crippen LogP contribution in [-0.4, -0.2) is 15.0 Å². The van der Waals surface area contributed by atoms with E-state index in [-0.39, 0.29) is 15.4 Å². The number of hydrogen-bond donors (Lipinski definition) is 2. The molecular formula is C10H5BrN2O5. The number of nitro benzene ring substituents is 1. The number of nitrogens with one attached hydrogen (secondary N) is 1. The number of rotatable bonds is 1. The van der Waals surface area contributed by atoms with Crippen LogP contribution in [0.5, 0.6) is 5.75 Å². The van der Waals surface area contributed by atoms with E-state index in [4.69, 9.17) is 0 Å². The van der Waals surface area contributed by atoms with Gasteiger partial charge in [-0.25, -0.2) is 0 Å². The van der Waals surface area contributed by atoms with Crippen LogP contribution in [0.15, 0.2) is 32.3 Å². The summed E-state index contributed by atoms with van der Waals surface area (Å²) < 4.78 is 0.0866. The van der Waals surface area contributed by atoms with E-state index in [1.54, 1.807) is 0 Å². The third-order valence-corrected chi connectivity index (χ3v) is 2.94. The molecular weight excluding hydrogens is 308 g/mol. The van der Waals surface area contributed by atoms with Gasteiger partial charge in [-0.3, -0.25) is 19.7 Å². The summed E-state index contributed by atoms with van der Waals surface area (Å²) in [4.78, 5) is 35.6. The van der Waals surface area contributed by atoms with Gasteiger partial charge in [0.2, 0.25) is 5.43 Å². The first-order valence-corrected chi connectivity index (χ1v) is 5.44. The highest BCUT2D eigenvalue weighted by Gasteiger charge is 2.20. The SMILES string of the molecule is O=c1cc(O)c(=O)c2c([N+](=O)[O-])c(Br)ccc2[nH]1. The zero-order valence-electron chi connectivity index (χ0n) is 8.64. The van der Waals surface area contributed by atoms with Crippen LogP contribution in [0.4, 0.5) is 5.69 Å². The highest BCUT2D eigenvalue weighted by molar-refractivity contribution is 9.10. The number of fused-ring (bicyclic) bond motifs is 1. The fourth-order valence-electron chi connectivity index (χ4n) is 1.56. The lowest BCUT2D eigenvalue weighted by Gasteiger charge is -1.97. The number of nitrogens with zero attached hydrogens (tertiary/aromatic N) is 1. The van der Waals surface area contributed by atoms with Gasteiger partial charge < -0.3 is 10.1 Å². The number of H-pyrrole nitrogens is 1. The molecule has 1 aromatic carbocycles. The van der Waals surface area contributed by atoms with Crippen LogP contribution in [0.25, 0.3) is 10.9 Å². The van der Waals surface area contributed by atoms with Crippen LogP contribution in [0.1, 0.15) is 0 Å². The molecule has 2 N–H and O–H groups in total. The van der Waals surface area contributed by atoms with Crippen molar-refractivity contribution < 1.29 is 10.0 Å². The molecule has 8 heteroatoms. The molecule has 92 valence electrons. The number of hydrogen-bond acceptors (Lipinski definition) is 5. The van der Waals surface area contributed by atoms with Crippen molar-refractivity contribution in [1.82, 2.24) is 4.98 Å². The van der Waals surface area contributed by atoms with Crippen LogP contribution >= 0.6 is 15.9 Å². The molecule has 2 aromatic rings. The van der Waals surface area contributed by atoms with Crippen molar-refractivity contribution in [2.24, 2.45) is 0 Å². The topological polar surface area (TPSA) is 113 Å². The molecule has 2 rings (SSSR count). The Hall–Kier alpha value is -2.22. The normalized spacial score (nSPS) is 10.5. The molecule has 0 atom stereocenters. The van der Waals surface area contributed by atoms with Gasteiger partial charge in [-0.2, -0.15) is 0 Å². The van der Waals surface area contributed by atoms with Crippen LogP contribution in [0, 0.1) is 10.1 Å². The van der Waals surface area contributed by atoms with Crippen molar-refractivity contribution in [2.75, 3.05) is 0 Å². The lowest BCUT2D eigenvalue weighted by molar-refractivity contribution is -0.383. The Morgan fingerprint density at radius 1 is 1.33 bits per heavy atom. The maximum atomic E-state index is 11.8. The Labute approximate surface area is 107 Å². The summed E-state index contributed by atoms with van der Waals surface area (Å²) >= 11 is 2.96. The van der Waals surface area contributed by atoms with E-state index < -0.39 is 27.3 Å². The van der Waals surface area contributed by atoms with Crippen molar-refractivity contribution in [3.8, 4) is 5.75 Å². The van der Waals surface area contributed by atoms with Gasteiger partial charge in [0.15, 0.2) is 5.75 Å². The van der Waals surface area contributed by atoms with Gasteiger partial charge in [-0.1, -0.05) is 0 Å². The van der Waals surface area contributed by atoms with Gasteiger partial charge in [0, 0.05) is 6.07 Å². The van der Waals surface area contributed by atoms with Crippen molar-refractivity contribution in [3.05, 3.63) is 53.4 Å². The smallest absolute Gasteiger partial charge is 0.296 e. The molecule has 0 aliphatic heterocycles. The Kier molecular flexibility index (Phi) is 2.87. The molecule has 7 nitrogen and oxygen atoms in total. The molecule has 18 heavy (non-hydrogen) atoms. The van der Waals surface area contributed by atoms with Gasteiger partial charge in [-0.05, 0) is 28.1 Å². The molecule has 0 saturated carbocycles. The van der Waals surface area contributed by atoms with Crippen LogP contribution in [0.2, 0.25) is 0 Å². The average Bonchev–Trinajstić information content (AvgIpc) is 2.38. The molecule has 0 unspecified atom stereocenters. The predicted molar refractivity (Wildman–Crippen MR) is 66.9 cm³/mol. The Balaban J connectivity index is 3.22. The van der Waals surface area contributed by atoms with E-state index >= 15 is 0 Å². The average molecular weight is 313 g/mol. The highest BCUT2D eigenvalue weighted by Crippen LogP contribution is 2.30. The maximum absolute atomic E-state index is 11.8. The van der Waals surface area contributed by atoms with Gasteiger partial charge in [0.25, 0.3) is 11.2 Å². The zero-order valence-corrected chi connectivity index (χ0v) is 10.2. The standard InChI is InChI=1S/C10H5BrN2O5/c11-4-1-2-5-8(9(4)13(17)18)10(16)6(14)3-7(15)12-5/h1-3H,(H,12,15)(H,14,16). The lowest BCUT2D eigenvalue weighted by Crippen LogP contribution is -2.02. The van der Waals surface area contributed by atoms with E-state index in [0.717, 1.165) is 0 Å². The summed E-state index contributed by atoms with van der Waals surface area (Å²) in [7, 11) is 0. The van der Waals surface area contributed by atoms with E-state index in [0.29, 0.717) is 6.07 Å².